The summed E-state index contributed by atoms with van der Waals surface area (Å²) in [6.45, 7) is 3.72. The number of hydrogen-bond donors (Lipinski definition) is 2. The fourth-order valence-electron chi connectivity index (χ4n) is 4.86. The maximum absolute atomic E-state index is 13.1. The number of nitrogens with one attached hydrogen (secondary N) is 1. The number of nitrogens with zero attached hydrogens (tertiary/aromatic N) is 1. The first-order valence-corrected chi connectivity index (χ1v) is 11.7. The quantitative estimate of drug-likeness (QED) is 0.563. The lowest BCUT2D eigenvalue weighted by Gasteiger charge is -2.28. The number of aliphatic hydroxyl groups excluding tert-OH is 1. The number of amides is 1. The van der Waals surface area contributed by atoms with Crippen molar-refractivity contribution in [2.24, 2.45) is 5.92 Å². The van der Waals surface area contributed by atoms with Crippen LogP contribution in [0.4, 0.5) is 5.69 Å². The molecule has 0 aliphatic carbocycles. The molecule has 172 valence electrons. The number of ether oxygens (including phenoxy) is 2. The molecular weight excluding hydrogens is 416 g/mol. The molecule has 1 saturated heterocycles. The molecule has 1 fully saturated rings. The molecule has 0 radical (unpaired) electrons. The Morgan fingerprint density at radius 1 is 0.970 bits per heavy atom. The van der Waals surface area contributed by atoms with Gasteiger partial charge in [-0.15, -0.1) is 0 Å². The lowest BCUT2D eigenvalue weighted by atomic mass is 9.91. The van der Waals surface area contributed by atoms with E-state index in [2.05, 4.69) is 10.2 Å². The van der Waals surface area contributed by atoms with Crippen LogP contribution in [0.5, 0.6) is 11.5 Å². The highest BCUT2D eigenvalue weighted by atomic mass is 16.6. The van der Waals surface area contributed by atoms with Gasteiger partial charge in [-0.25, -0.2) is 0 Å². The van der Waals surface area contributed by atoms with Crippen LogP contribution in [0.1, 0.15) is 30.9 Å². The first-order valence-electron chi connectivity index (χ1n) is 11.7. The minimum absolute atomic E-state index is 0.0906. The summed E-state index contributed by atoms with van der Waals surface area (Å²) in [7, 11) is 0. The van der Waals surface area contributed by atoms with Gasteiger partial charge in [-0.3, -0.25) is 4.79 Å². The molecule has 0 unspecified atom stereocenters. The van der Waals surface area contributed by atoms with Crippen molar-refractivity contribution in [3.05, 3.63) is 66.2 Å². The van der Waals surface area contributed by atoms with Gasteiger partial charge in [0, 0.05) is 30.0 Å². The summed E-state index contributed by atoms with van der Waals surface area (Å²) < 4.78 is 11.3. The predicted molar refractivity (Wildman–Crippen MR) is 129 cm³/mol. The van der Waals surface area contributed by atoms with Crippen LogP contribution in [0.15, 0.2) is 60.7 Å². The second-order valence-corrected chi connectivity index (χ2v) is 8.89. The molecule has 33 heavy (non-hydrogen) atoms. The molecule has 2 heterocycles. The molecule has 0 spiro atoms. The van der Waals surface area contributed by atoms with Crippen LogP contribution in [0.3, 0.4) is 0 Å². The monoisotopic (exact) mass is 446 g/mol. The lowest BCUT2D eigenvalue weighted by molar-refractivity contribution is -0.118. The molecule has 3 aromatic carbocycles. The minimum atomic E-state index is -0.778. The molecule has 3 aromatic rings. The van der Waals surface area contributed by atoms with Crippen LogP contribution in [0.2, 0.25) is 0 Å². The van der Waals surface area contributed by atoms with E-state index in [4.69, 9.17) is 9.47 Å². The predicted octanol–water partition coefficient (Wildman–Crippen LogP) is 4.39. The van der Waals surface area contributed by atoms with E-state index in [-0.39, 0.29) is 18.2 Å². The SMILES string of the molecule is O=C(C[C@H](CN1CCCC1)[C@H](O)c1ccc2c(c1)OCCO2)Nc1cccc2ccccc12. The summed E-state index contributed by atoms with van der Waals surface area (Å²) in [4.78, 5) is 15.5. The van der Waals surface area contributed by atoms with Gasteiger partial charge in [0.25, 0.3) is 0 Å². The molecule has 0 saturated carbocycles. The van der Waals surface area contributed by atoms with Crippen molar-refractivity contribution >= 4 is 22.4 Å². The molecule has 5 rings (SSSR count). The van der Waals surface area contributed by atoms with Crippen molar-refractivity contribution in [3.8, 4) is 11.5 Å². The van der Waals surface area contributed by atoms with E-state index in [1.54, 1.807) is 0 Å². The van der Waals surface area contributed by atoms with E-state index in [0.717, 1.165) is 48.0 Å². The zero-order valence-corrected chi connectivity index (χ0v) is 18.7. The van der Waals surface area contributed by atoms with Crippen LogP contribution in [0, 0.1) is 5.92 Å². The van der Waals surface area contributed by atoms with Crippen molar-refractivity contribution in [3.63, 3.8) is 0 Å². The van der Waals surface area contributed by atoms with E-state index >= 15 is 0 Å². The summed E-state index contributed by atoms with van der Waals surface area (Å²) in [6.07, 6.45) is 1.78. The number of carbonyl (C=O) groups is 1. The van der Waals surface area contributed by atoms with Crippen molar-refractivity contribution in [2.45, 2.75) is 25.4 Å². The minimum Gasteiger partial charge on any atom is -0.486 e. The lowest BCUT2D eigenvalue weighted by Crippen LogP contribution is -2.33. The largest absolute Gasteiger partial charge is 0.486 e. The van der Waals surface area contributed by atoms with Crippen molar-refractivity contribution in [1.29, 1.82) is 0 Å². The zero-order chi connectivity index (χ0) is 22.6. The van der Waals surface area contributed by atoms with E-state index < -0.39 is 6.10 Å². The molecule has 0 aromatic heterocycles. The van der Waals surface area contributed by atoms with Crippen LogP contribution in [0.25, 0.3) is 10.8 Å². The number of likely N-dealkylation sites (tertiary alicyclic amines) is 1. The summed E-state index contributed by atoms with van der Waals surface area (Å²) in [5.74, 6) is 1.02. The fraction of sp³-hybridized carbons (Fsp3) is 0.370. The normalized spacial score (nSPS) is 17.6. The maximum Gasteiger partial charge on any atom is 0.224 e. The van der Waals surface area contributed by atoms with Crippen LogP contribution in [-0.2, 0) is 4.79 Å². The Labute approximate surface area is 194 Å². The number of benzene rings is 3. The van der Waals surface area contributed by atoms with E-state index in [1.807, 2.05) is 60.7 Å². The standard InChI is InChI=1S/C27H30N2O4/c30-26(28-23-9-5-7-19-6-1-2-8-22(19)23)17-21(18-29-12-3-4-13-29)27(31)20-10-11-24-25(16-20)33-15-14-32-24/h1-2,5-11,16,21,27,31H,3-4,12-15,17-18H2,(H,28,30)/t21-,27-/m1/s1. The average Bonchev–Trinajstić information content (AvgIpc) is 3.36. The highest BCUT2D eigenvalue weighted by molar-refractivity contribution is 6.02. The Morgan fingerprint density at radius 3 is 2.58 bits per heavy atom. The van der Waals surface area contributed by atoms with Gasteiger partial charge >= 0.3 is 0 Å². The molecule has 0 bridgehead atoms. The molecular formula is C27H30N2O4. The number of anilines is 1. The number of fused-ring (bicyclic) bond motifs is 2. The molecule has 6 nitrogen and oxygen atoms in total. The molecule has 2 atom stereocenters. The van der Waals surface area contributed by atoms with Gasteiger partial charge in [0.2, 0.25) is 5.91 Å². The Bertz CT molecular complexity index is 1120. The number of aliphatic hydroxyl groups is 1. The van der Waals surface area contributed by atoms with Gasteiger partial charge in [0.05, 0.1) is 6.10 Å². The van der Waals surface area contributed by atoms with Gasteiger partial charge in [-0.05, 0) is 55.1 Å². The smallest absolute Gasteiger partial charge is 0.224 e. The first kappa shape index (κ1) is 21.7. The van der Waals surface area contributed by atoms with Gasteiger partial charge < -0.3 is 24.8 Å². The Balaban J connectivity index is 1.35. The summed E-state index contributed by atoms with van der Waals surface area (Å²) in [6, 6.07) is 19.5. The third-order valence-electron chi connectivity index (χ3n) is 6.56. The second kappa shape index (κ2) is 9.81. The molecule has 2 N–H and O–H groups in total. The van der Waals surface area contributed by atoms with E-state index in [0.29, 0.717) is 31.3 Å². The highest BCUT2D eigenvalue weighted by Gasteiger charge is 2.28. The van der Waals surface area contributed by atoms with Crippen LogP contribution < -0.4 is 14.8 Å². The molecule has 2 aliphatic heterocycles. The van der Waals surface area contributed by atoms with Crippen LogP contribution >= 0.6 is 0 Å². The van der Waals surface area contributed by atoms with Crippen molar-refractivity contribution in [2.75, 3.05) is 38.2 Å². The van der Waals surface area contributed by atoms with Crippen molar-refractivity contribution in [1.82, 2.24) is 4.90 Å². The van der Waals surface area contributed by atoms with E-state index in [1.165, 1.54) is 0 Å². The van der Waals surface area contributed by atoms with Crippen LogP contribution in [-0.4, -0.2) is 48.8 Å². The second-order valence-electron chi connectivity index (χ2n) is 8.89. The van der Waals surface area contributed by atoms with Crippen molar-refractivity contribution < 1.29 is 19.4 Å². The summed E-state index contributed by atoms with van der Waals surface area (Å²) in [5.41, 5.74) is 1.55. The van der Waals surface area contributed by atoms with Gasteiger partial charge in [0.15, 0.2) is 11.5 Å². The number of hydrogen-bond acceptors (Lipinski definition) is 5. The zero-order valence-electron chi connectivity index (χ0n) is 18.7. The molecule has 1 amide bonds. The third-order valence-corrected chi connectivity index (χ3v) is 6.56. The number of rotatable bonds is 7. The highest BCUT2D eigenvalue weighted by Crippen LogP contribution is 2.36. The summed E-state index contributed by atoms with van der Waals surface area (Å²) in [5, 5.41) is 16.5. The summed E-state index contributed by atoms with van der Waals surface area (Å²) >= 11 is 0. The maximum atomic E-state index is 13.1. The van der Waals surface area contributed by atoms with E-state index in [9.17, 15) is 9.90 Å². The van der Waals surface area contributed by atoms with Gasteiger partial charge in [-0.2, -0.15) is 0 Å². The van der Waals surface area contributed by atoms with Gasteiger partial charge in [0.1, 0.15) is 13.2 Å². The Hall–Kier alpha value is -3.09. The number of carbonyl (C=O) groups excluding carboxylic acids is 1. The fourth-order valence-corrected chi connectivity index (χ4v) is 4.86. The topological polar surface area (TPSA) is 71.0 Å². The Morgan fingerprint density at radius 2 is 1.73 bits per heavy atom. The Kier molecular flexibility index (Phi) is 6.46. The molecule has 2 aliphatic rings. The first-order chi connectivity index (χ1) is 16.2. The molecule has 6 heteroatoms. The van der Waals surface area contributed by atoms with Gasteiger partial charge in [-0.1, -0.05) is 42.5 Å². The average molecular weight is 447 g/mol. The third kappa shape index (κ3) is 4.97.